The number of carbonyl (C=O) groups is 2. The van der Waals surface area contributed by atoms with Crippen molar-refractivity contribution in [2.45, 2.75) is 75.1 Å². The van der Waals surface area contributed by atoms with E-state index in [-0.39, 0.29) is 29.9 Å². The lowest BCUT2D eigenvalue weighted by atomic mass is 9.52. The number of aromatic nitrogens is 1. The monoisotopic (exact) mass is 515 g/mol. The minimum Gasteiger partial charge on any atom is -0.450 e. The van der Waals surface area contributed by atoms with Crippen molar-refractivity contribution in [1.29, 1.82) is 0 Å². The molecule has 36 heavy (non-hydrogen) atoms. The van der Waals surface area contributed by atoms with E-state index >= 15 is 0 Å². The van der Waals surface area contributed by atoms with E-state index in [4.69, 9.17) is 14.8 Å². The zero-order valence-electron chi connectivity index (χ0n) is 21.1. The molecule has 3 unspecified atom stereocenters. The molecule has 1 amide bonds. The van der Waals surface area contributed by atoms with Crippen LogP contribution < -0.4 is 10.2 Å². The van der Waals surface area contributed by atoms with E-state index in [0.717, 1.165) is 68.2 Å². The van der Waals surface area contributed by atoms with Crippen molar-refractivity contribution in [3.63, 3.8) is 0 Å². The third kappa shape index (κ3) is 4.57. The number of thioether (sulfide) groups is 1. The molecule has 2 heterocycles. The highest BCUT2D eigenvalue weighted by molar-refractivity contribution is 7.99. The molecule has 7 rings (SSSR count). The fourth-order valence-corrected chi connectivity index (χ4v) is 8.93. The summed E-state index contributed by atoms with van der Waals surface area (Å²) >= 11 is 1.65. The van der Waals surface area contributed by atoms with E-state index in [1.807, 2.05) is 12.1 Å². The normalized spacial score (nSPS) is 37.8. The van der Waals surface area contributed by atoms with E-state index in [1.165, 1.54) is 0 Å². The van der Waals surface area contributed by atoms with Crippen LogP contribution >= 0.6 is 11.8 Å². The van der Waals surface area contributed by atoms with Gasteiger partial charge in [0, 0.05) is 31.0 Å². The van der Waals surface area contributed by atoms with Gasteiger partial charge in [0.2, 0.25) is 0 Å². The van der Waals surface area contributed by atoms with Crippen LogP contribution in [0.3, 0.4) is 0 Å². The summed E-state index contributed by atoms with van der Waals surface area (Å²) in [7, 11) is 0. The van der Waals surface area contributed by atoms with Crippen LogP contribution in [0.4, 0.5) is 10.6 Å². The van der Waals surface area contributed by atoms with Crippen LogP contribution in [0, 0.1) is 35.5 Å². The largest absolute Gasteiger partial charge is 0.506 e. The van der Waals surface area contributed by atoms with Gasteiger partial charge in [0.25, 0.3) is 5.91 Å². The number of nitrogens with one attached hydrogen (secondary N) is 1. The summed E-state index contributed by atoms with van der Waals surface area (Å²) < 4.78 is 4.98. The third-order valence-corrected chi connectivity index (χ3v) is 10.3. The number of amides is 1. The minimum absolute atomic E-state index is 0.0512. The number of hydrogen-bond acceptors (Lipinski definition) is 7. The summed E-state index contributed by atoms with van der Waals surface area (Å²) in [6, 6.07) is 3.98. The van der Waals surface area contributed by atoms with Crippen LogP contribution in [-0.4, -0.2) is 63.8 Å². The predicted molar refractivity (Wildman–Crippen MR) is 136 cm³/mol. The molecule has 0 radical (unpaired) electrons. The van der Waals surface area contributed by atoms with E-state index < -0.39 is 11.8 Å². The Morgan fingerprint density at radius 2 is 1.89 bits per heavy atom. The fourth-order valence-electron chi connectivity index (χ4n) is 7.68. The number of nitrogens with zero attached hydrogens (tertiary/aromatic N) is 2. The highest BCUT2D eigenvalue weighted by atomic mass is 32.2. The number of piperidine rings is 1. The summed E-state index contributed by atoms with van der Waals surface area (Å²) in [5, 5.41) is 23.9. The van der Waals surface area contributed by atoms with E-state index in [2.05, 4.69) is 24.1 Å². The number of hydrogen-bond donors (Lipinski definition) is 3. The van der Waals surface area contributed by atoms with Gasteiger partial charge in [-0.05, 0) is 80.1 Å². The molecule has 0 aromatic carbocycles. The second-order valence-electron chi connectivity index (χ2n) is 12.3. The highest BCUT2D eigenvalue weighted by Crippen LogP contribution is 2.55. The molecule has 5 saturated carbocycles. The summed E-state index contributed by atoms with van der Waals surface area (Å²) in [5.41, 5.74) is 0.125. The quantitative estimate of drug-likeness (QED) is 0.352. The first-order valence-corrected chi connectivity index (χ1v) is 14.5. The Labute approximate surface area is 216 Å². The summed E-state index contributed by atoms with van der Waals surface area (Å²) in [4.78, 5) is 31.5. The molecular weight excluding hydrogens is 478 g/mol. The molecule has 6 aliphatic rings. The van der Waals surface area contributed by atoms with Crippen LogP contribution in [0.2, 0.25) is 0 Å². The number of pyridine rings is 1. The maximum absolute atomic E-state index is 13.6. The second kappa shape index (κ2) is 9.08. The SMILES string of the molecule is CC(C)CCSc1nc(N2C[C@@H]3C(OC(=O)O)[C@@H]3C2)ccc1C(=O)NC1C2CC3CC1CC(O)(C3)C2. The lowest BCUT2D eigenvalue weighted by Crippen LogP contribution is -2.61. The van der Waals surface area contributed by atoms with Crippen LogP contribution in [-0.2, 0) is 4.74 Å². The molecule has 1 aromatic heterocycles. The molecule has 5 atom stereocenters. The first-order valence-electron chi connectivity index (χ1n) is 13.5. The Hall–Kier alpha value is -2.00. The number of carbonyl (C=O) groups excluding carboxylic acids is 1. The number of carboxylic acid groups (broad SMARTS) is 1. The van der Waals surface area contributed by atoms with E-state index in [0.29, 0.717) is 29.2 Å². The van der Waals surface area contributed by atoms with Crippen molar-refractivity contribution in [3.05, 3.63) is 17.7 Å². The molecule has 196 valence electrons. The number of anilines is 1. The van der Waals surface area contributed by atoms with Crippen molar-refractivity contribution in [2.75, 3.05) is 23.7 Å². The van der Waals surface area contributed by atoms with Gasteiger partial charge >= 0.3 is 6.16 Å². The lowest BCUT2D eigenvalue weighted by molar-refractivity contribution is -0.136. The molecule has 3 N–H and O–H groups in total. The molecule has 1 aromatic rings. The maximum Gasteiger partial charge on any atom is 0.506 e. The first kappa shape index (κ1) is 24.3. The van der Waals surface area contributed by atoms with Gasteiger partial charge < -0.3 is 25.2 Å². The highest BCUT2D eigenvalue weighted by Gasteiger charge is 2.59. The van der Waals surface area contributed by atoms with Gasteiger partial charge in [-0.1, -0.05) is 13.8 Å². The number of ether oxygens (including phenoxy) is 1. The van der Waals surface area contributed by atoms with Crippen LogP contribution in [0.1, 0.15) is 62.7 Å². The molecule has 6 fully saturated rings. The Balaban J connectivity index is 1.16. The van der Waals surface area contributed by atoms with Crippen molar-refractivity contribution in [3.8, 4) is 0 Å². The number of rotatable bonds is 8. The van der Waals surface area contributed by atoms with Crippen molar-refractivity contribution in [1.82, 2.24) is 10.3 Å². The van der Waals surface area contributed by atoms with Gasteiger partial charge in [0.05, 0.1) is 11.2 Å². The first-order chi connectivity index (χ1) is 17.2. The van der Waals surface area contributed by atoms with Gasteiger partial charge in [-0.2, -0.15) is 0 Å². The molecular formula is C27H37N3O5S. The Morgan fingerprint density at radius 3 is 2.50 bits per heavy atom. The topological polar surface area (TPSA) is 112 Å². The minimum atomic E-state index is -1.20. The van der Waals surface area contributed by atoms with Crippen LogP contribution in [0.25, 0.3) is 0 Å². The van der Waals surface area contributed by atoms with Gasteiger partial charge in [-0.15, -0.1) is 11.8 Å². The zero-order chi connectivity index (χ0) is 25.2. The second-order valence-corrected chi connectivity index (χ2v) is 13.4. The Bertz CT molecular complexity index is 1020. The standard InChI is InChI=1S/C27H37N3O5S/c1-14(2)5-6-36-25-18(3-4-21(28-25)30-12-19-20(13-30)23(19)35-26(32)33)24(31)29-22-16-7-15-8-17(22)11-27(34,9-15)10-16/h3-4,14-17,19-20,22-23,34H,5-13H2,1-2H3,(H,29,31)(H,32,33)/t15?,16?,17?,19-,20+,22?,23?,27?. The molecule has 5 aliphatic carbocycles. The summed E-state index contributed by atoms with van der Waals surface area (Å²) in [6.07, 6.45) is 4.43. The average Bonchev–Trinajstić information content (AvgIpc) is 3.21. The van der Waals surface area contributed by atoms with Crippen LogP contribution in [0.15, 0.2) is 17.2 Å². The lowest BCUT2D eigenvalue weighted by Gasteiger charge is -2.58. The third-order valence-electron chi connectivity index (χ3n) is 9.24. The molecule has 4 bridgehead atoms. The summed E-state index contributed by atoms with van der Waals surface area (Å²) in [6.45, 7) is 5.86. The van der Waals surface area contributed by atoms with E-state index in [1.54, 1.807) is 11.8 Å². The smallest absolute Gasteiger partial charge is 0.450 e. The van der Waals surface area contributed by atoms with Crippen molar-refractivity contribution < 1.29 is 24.5 Å². The molecule has 1 aliphatic heterocycles. The Kier molecular flexibility index (Phi) is 6.14. The molecule has 9 heteroatoms. The van der Waals surface area contributed by atoms with Gasteiger partial charge in [0.1, 0.15) is 16.9 Å². The van der Waals surface area contributed by atoms with E-state index in [9.17, 15) is 14.7 Å². The zero-order valence-corrected chi connectivity index (χ0v) is 21.9. The van der Waals surface area contributed by atoms with Gasteiger partial charge in [0.15, 0.2) is 0 Å². The van der Waals surface area contributed by atoms with Gasteiger partial charge in [-0.3, -0.25) is 4.79 Å². The predicted octanol–water partition coefficient (Wildman–Crippen LogP) is 4.02. The molecule has 8 nitrogen and oxygen atoms in total. The van der Waals surface area contributed by atoms with Crippen molar-refractivity contribution >= 4 is 29.6 Å². The fraction of sp³-hybridized carbons (Fsp3) is 0.741. The van der Waals surface area contributed by atoms with Crippen LogP contribution in [0.5, 0.6) is 0 Å². The maximum atomic E-state index is 13.6. The average molecular weight is 516 g/mol. The Morgan fingerprint density at radius 1 is 1.19 bits per heavy atom. The van der Waals surface area contributed by atoms with Crippen molar-refractivity contribution in [2.24, 2.45) is 35.5 Å². The van der Waals surface area contributed by atoms with Gasteiger partial charge in [-0.25, -0.2) is 9.78 Å². The number of aliphatic hydroxyl groups is 1. The number of fused-ring (bicyclic) bond motifs is 1. The molecule has 1 saturated heterocycles. The summed E-state index contributed by atoms with van der Waals surface area (Å²) in [5.74, 6) is 4.08. The molecule has 0 spiro atoms.